The first kappa shape index (κ1) is 26.1. The minimum atomic E-state index is -3.40. The third-order valence-electron chi connectivity index (χ3n) is 6.08. The van der Waals surface area contributed by atoms with E-state index in [0.717, 1.165) is 17.5 Å². The van der Waals surface area contributed by atoms with Crippen molar-refractivity contribution >= 4 is 15.8 Å². The maximum atomic E-state index is 12.7. The van der Waals surface area contributed by atoms with Gasteiger partial charge in [0.05, 0.1) is 16.2 Å². The Labute approximate surface area is 219 Å². The van der Waals surface area contributed by atoms with E-state index >= 15 is 0 Å². The Hall–Kier alpha value is -3.96. The van der Waals surface area contributed by atoms with Crippen molar-refractivity contribution in [3.05, 3.63) is 139 Å². The van der Waals surface area contributed by atoms with Crippen LogP contribution in [-0.4, -0.2) is 26.2 Å². The summed E-state index contributed by atoms with van der Waals surface area (Å²) in [6.07, 6.45) is 4.85. The number of sulfone groups is 1. The number of esters is 1. The standard InChI is InChI=1S/C32H30O4S/c33-32(29-14-6-2-7-15-29)36-30(16-10-11-25-37(34,35)31-17-8-3-9-18-31)24-21-26-19-22-28(23-20-26)27-12-4-1-5-13-27/h1-15,17-20,22-23,30H,16,21,24-25H2/b11-10+. The van der Waals surface area contributed by atoms with Crippen molar-refractivity contribution in [3.8, 4) is 11.1 Å². The lowest BCUT2D eigenvalue weighted by molar-refractivity contribution is 0.0289. The summed E-state index contributed by atoms with van der Waals surface area (Å²) < 4.78 is 30.9. The van der Waals surface area contributed by atoms with Gasteiger partial charge >= 0.3 is 5.97 Å². The van der Waals surface area contributed by atoms with E-state index in [0.29, 0.717) is 23.3 Å². The maximum Gasteiger partial charge on any atom is 0.338 e. The lowest BCUT2D eigenvalue weighted by atomic mass is 10.0. The Morgan fingerprint density at radius 1 is 0.703 bits per heavy atom. The van der Waals surface area contributed by atoms with Crippen LogP contribution in [0.4, 0.5) is 0 Å². The van der Waals surface area contributed by atoms with E-state index in [1.807, 2.05) is 24.3 Å². The number of ether oxygens (including phenoxy) is 1. The molecule has 0 spiro atoms. The second-order valence-corrected chi connectivity index (χ2v) is 10.8. The SMILES string of the molecule is O=C(OC(C/C=C/CS(=O)(=O)c1ccccc1)CCc1ccc(-c2ccccc2)cc1)c1ccccc1. The average molecular weight is 511 g/mol. The topological polar surface area (TPSA) is 60.4 Å². The fourth-order valence-corrected chi connectivity index (χ4v) is 5.16. The third kappa shape index (κ3) is 7.76. The van der Waals surface area contributed by atoms with Gasteiger partial charge in [-0.1, -0.05) is 103 Å². The molecule has 1 atom stereocenters. The Morgan fingerprint density at radius 3 is 1.92 bits per heavy atom. The fourth-order valence-electron chi connectivity index (χ4n) is 4.01. The van der Waals surface area contributed by atoms with Gasteiger partial charge in [-0.15, -0.1) is 0 Å². The highest BCUT2D eigenvalue weighted by molar-refractivity contribution is 7.91. The van der Waals surface area contributed by atoms with Crippen LogP contribution in [0.2, 0.25) is 0 Å². The Bertz CT molecular complexity index is 1400. The molecule has 0 aliphatic rings. The summed E-state index contributed by atoms with van der Waals surface area (Å²) in [6.45, 7) is 0. The molecule has 0 fully saturated rings. The summed E-state index contributed by atoms with van der Waals surface area (Å²) in [6, 6.07) is 35.9. The first-order chi connectivity index (χ1) is 18.0. The van der Waals surface area contributed by atoms with Crippen LogP contribution in [0, 0.1) is 0 Å². The molecule has 0 aliphatic carbocycles. The zero-order valence-electron chi connectivity index (χ0n) is 20.6. The van der Waals surface area contributed by atoms with Gasteiger partial charge in [-0.2, -0.15) is 0 Å². The monoisotopic (exact) mass is 510 g/mol. The van der Waals surface area contributed by atoms with Crippen molar-refractivity contribution in [2.45, 2.75) is 30.3 Å². The van der Waals surface area contributed by atoms with Crippen LogP contribution >= 0.6 is 0 Å². The van der Waals surface area contributed by atoms with Crippen LogP contribution in [0.1, 0.15) is 28.8 Å². The van der Waals surface area contributed by atoms with Gasteiger partial charge in [0, 0.05) is 6.42 Å². The highest BCUT2D eigenvalue weighted by Crippen LogP contribution is 2.21. The molecule has 0 N–H and O–H groups in total. The van der Waals surface area contributed by atoms with E-state index in [4.69, 9.17) is 4.74 Å². The number of hydrogen-bond acceptors (Lipinski definition) is 4. The molecule has 0 heterocycles. The molecule has 0 radical (unpaired) electrons. The molecule has 4 aromatic rings. The molecule has 4 aromatic carbocycles. The molecular formula is C32H30O4S. The van der Waals surface area contributed by atoms with Gasteiger partial charge < -0.3 is 4.74 Å². The van der Waals surface area contributed by atoms with Gasteiger partial charge in [-0.05, 0) is 53.8 Å². The number of benzene rings is 4. The van der Waals surface area contributed by atoms with Crippen molar-refractivity contribution < 1.29 is 17.9 Å². The van der Waals surface area contributed by atoms with Crippen LogP contribution in [0.25, 0.3) is 11.1 Å². The van der Waals surface area contributed by atoms with Gasteiger partial charge in [0.1, 0.15) is 6.10 Å². The molecule has 0 saturated carbocycles. The summed E-state index contributed by atoms with van der Waals surface area (Å²) in [7, 11) is -3.40. The maximum absolute atomic E-state index is 12.7. The van der Waals surface area contributed by atoms with Crippen molar-refractivity contribution in [1.82, 2.24) is 0 Å². The zero-order chi connectivity index (χ0) is 25.9. The molecule has 0 amide bonds. The quantitative estimate of drug-likeness (QED) is 0.162. The Balaban J connectivity index is 1.40. The molecule has 0 bridgehead atoms. The largest absolute Gasteiger partial charge is 0.458 e. The first-order valence-corrected chi connectivity index (χ1v) is 14.0. The molecule has 0 aromatic heterocycles. The van der Waals surface area contributed by atoms with Gasteiger partial charge in [0.2, 0.25) is 0 Å². The molecule has 188 valence electrons. The molecule has 1 unspecified atom stereocenters. The molecule has 4 rings (SSSR count). The summed E-state index contributed by atoms with van der Waals surface area (Å²) in [5.74, 6) is -0.479. The molecule has 0 aliphatic heterocycles. The first-order valence-electron chi connectivity index (χ1n) is 12.3. The second-order valence-electron chi connectivity index (χ2n) is 8.80. The van der Waals surface area contributed by atoms with E-state index < -0.39 is 9.84 Å². The van der Waals surface area contributed by atoms with Crippen LogP contribution < -0.4 is 0 Å². The van der Waals surface area contributed by atoms with Crippen LogP contribution in [0.5, 0.6) is 0 Å². The average Bonchev–Trinajstić information content (AvgIpc) is 2.95. The second kappa shape index (κ2) is 12.8. The summed E-state index contributed by atoms with van der Waals surface area (Å²) >= 11 is 0. The predicted molar refractivity (Wildman–Crippen MR) is 148 cm³/mol. The van der Waals surface area contributed by atoms with Crippen molar-refractivity contribution in [1.29, 1.82) is 0 Å². The van der Waals surface area contributed by atoms with Crippen LogP contribution in [0.3, 0.4) is 0 Å². The number of hydrogen-bond donors (Lipinski definition) is 0. The Morgan fingerprint density at radius 2 is 1.27 bits per heavy atom. The fraction of sp³-hybridized carbons (Fsp3) is 0.156. The van der Waals surface area contributed by atoms with E-state index in [1.165, 1.54) is 5.56 Å². The third-order valence-corrected chi connectivity index (χ3v) is 7.70. The van der Waals surface area contributed by atoms with Gasteiger partial charge in [-0.25, -0.2) is 13.2 Å². The summed E-state index contributed by atoms with van der Waals surface area (Å²) in [4.78, 5) is 13.0. The van der Waals surface area contributed by atoms with Gasteiger partial charge in [-0.3, -0.25) is 0 Å². The molecule has 5 heteroatoms. The van der Waals surface area contributed by atoms with E-state index in [1.54, 1.807) is 66.7 Å². The molecular weight excluding hydrogens is 480 g/mol. The molecule has 37 heavy (non-hydrogen) atoms. The predicted octanol–water partition coefficient (Wildman–Crippen LogP) is 6.93. The number of aryl methyl sites for hydroxylation is 1. The minimum absolute atomic E-state index is 0.0999. The Kier molecular flexibility index (Phi) is 9.06. The zero-order valence-corrected chi connectivity index (χ0v) is 21.4. The van der Waals surface area contributed by atoms with Crippen molar-refractivity contribution in [2.24, 2.45) is 0 Å². The number of rotatable bonds is 11. The molecule has 0 saturated heterocycles. The summed E-state index contributed by atoms with van der Waals surface area (Å²) in [5.41, 5.74) is 3.96. The van der Waals surface area contributed by atoms with Gasteiger partial charge in [0.15, 0.2) is 9.84 Å². The van der Waals surface area contributed by atoms with Crippen LogP contribution in [0.15, 0.2) is 132 Å². The number of carbonyl (C=O) groups excluding carboxylic acids is 1. The highest BCUT2D eigenvalue weighted by Gasteiger charge is 2.16. The minimum Gasteiger partial charge on any atom is -0.458 e. The van der Waals surface area contributed by atoms with Crippen molar-refractivity contribution in [2.75, 3.05) is 5.75 Å². The lowest BCUT2D eigenvalue weighted by Crippen LogP contribution is -2.19. The van der Waals surface area contributed by atoms with E-state index in [-0.39, 0.29) is 17.8 Å². The lowest BCUT2D eigenvalue weighted by Gasteiger charge is -2.17. The highest BCUT2D eigenvalue weighted by atomic mass is 32.2. The summed E-state index contributed by atoms with van der Waals surface area (Å²) in [5, 5.41) is 0. The van der Waals surface area contributed by atoms with E-state index in [9.17, 15) is 13.2 Å². The van der Waals surface area contributed by atoms with Crippen LogP contribution in [-0.2, 0) is 21.0 Å². The normalized spacial score (nSPS) is 12.3. The van der Waals surface area contributed by atoms with Crippen molar-refractivity contribution in [3.63, 3.8) is 0 Å². The molecule has 4 nitrogen and oxygen atoms in total. The van der Waals surface area contributed by atoms with Gasteiger partial charge in [0.25, 0.3) is 0 Å². The van der Waals surface area contributed by atoms with E-state index in [2.05, 4.69) is 36.4 Å². The smallest absolute Gasteiger partial charge is 0.338 e. The number of carbonyl (C=O) groups is 1.